The van der Waals surface area contributed by atoms with Gasteiger partial charge in [0.05, 0.1) is 0 Å². The van der Waals surface area contributed by atoms with Gasteiger partial charge < -0.3 is 0 Å². The number of nitroso groups, excluding NO2 is 2. The van der Waals surface area contributed by atoms with Gasteiger partial charge in [0.1, 0.15) is 11.4 Å². The Morgan fingerprint density at radius 2 is 1.08 bits per heavy atom. The van der Waals surface area contributed by atoms with Crippen molar-refractivity contribution in [2.75, 3.05) is 0 Å². The summed E-state index contributed by atoms with van der Waals surface area (Å²) in [5.74, 6) is 0. The Hall–Kier alpha value is -1.16. The molecule has 0 amide bonds. The summed E-state index contributed by atoms with van der Waals surface area (Å²) in [6, 6.07) is 5.74. The van der Waals surface area contributed by atoms with Crippen LogP contribution >= 0.6 is 0 Å². The van der Waals surface area contributed by atoms with Crippen LogP contribution in [0.2, 0.25) is 0 Å². The number of rotatable bonds is 2. The summed E-state index contributed by atoms with van der Waals surface area (Å²) in [5.41, 5.74) is 0.597. The van der Waals surface area contributed by atoms with Crippen LogP contribution < -0.4 is 0 Å². The van der Waals surface area contributed by atoms with Crippen molar-refractivity contribution < 1.29 is 21.8 Å². The van der Waals surface area contributed by atoms with Crippen molar-refractivity contribution >= 4 is 11.4 Å². The average molecular weight is 217 g/mol. The van der Waals surface area contributed by atoms with Gasteiger partial charge in [-0.1, -0.05) is 0 Å². The first-order valence-corrected chi connectivity index (χ1v) is 4.13. The fraction of sp³-hybridized carbons (Fsp3) is 0. The molecule has 0 aliphatic rings. The topological polar surface area (TPSA) is 75.9 Å². The molecule has 1 aromatic rings. The van der Waals surface area contributed by atoms with Crippen LogP contribution in [0.4, 0.5) is 11.4 Å². The molecule has 0 radical (unpaired) electrons. The molecule has 0 aliphatic carbocycles. The van der Waals surface area contributed by atoms with Gasteiger partial charge in [-0.15, -0.1) is 9.81 Å². The Morgan fingerprint density at radius 1 is 0.833 bits per heavy atom. The van der Waals surface area contributed by atoms with E-state index in [0.29, 0.717) is 11.4 Å². The molecule has 0 saturated carbocycles. The maximum atomic E-state index is 9.85. The SMILES string of the molecule is O=Nc1ccc(N=O)cc1.[O]=[Zn]. The predicted octanol–water partition coefficient (Wildman–Crippen LogP) is 2.36. The van der Waals surface area contributed by atoms with Gasteiger partial charge in [-0.25, -0.2) is 0 Å². The Morgan fingerprint density at radius 3 is 1.25 bits per heavy atom. The zero-order valence-electron chi connectivity index (χ0n) is 6.14. The Labute approximate surface area is 78.1 Å². The van der Waals surface area contributed by atoms with E-state index in [1.165, 1.54) is 24.3 Å². The Balaban J connectivity index is 0.000000561. The van der Waals surface area contributed by atoms with Gasteiger partial charge in [0.15, 0.2) is 0 Å². The summed E-state index contributed by atoms with van der Waals surface area (Å²) in [6.45, 7) is 0. The Kier molecular flexibility index (Phi) is 5.92. The van der Waals surface area contributed by atoms with E-state index < -0.39 is 0 Å². The summed E-state index contributed by atoms with van der Waals surface area (Å²) in [7, 11) is 0. The number of hydrogen-bond donors (Lipinski definition) is 0. The minimum absolute atomic E-state index is 0.125. The van der Waals surface area contributed by atoms with E-state index in [4.69, 9.17) is 3.57 Å². The van der Waals surface area contributed by atoms with Crippen LogP contribution in [0.15, 0.2) is 34.6 Å². The van der Waals surface area contributed by atoms with E-state index in [0.717, 1.165) is 0 Å². The van der Waals surface area contributed by atoms with Crippen molar-refractivity contribution in [2.45, 2.75) is 0 Å². The number of hydrogen-bond acceptors (Lipinski definition) is 5. The summed E-state index contributed by atoms with van der Waals surface area (Å²) < 4.78 is 8.38. The van der Waals surface area contributed by atoms with Crippen LogP contribution in [0.3, 0.4) is 0 Å². The molecule has 6 heteroatoms. The standard InChI is InChI=1S/C6H4N2O2.O.Zn/c9-7-5-1-2-6(8-10)4-3-5;;/h1-4H;;. The second-order valence-electron chi connectivity index (χ2n) is 1.70. The van der Waals surface area contributed by atoms with Crippen molar-refractivity contribution in [3.63, 3.8) is 0 Å². The van der Waals surface area contributed by atoms with E-state index in [2.05, 4.69) is 10.4 Å². The van der Waals surface area contributed by atoms with Gasteiger partial charge in [-0.05, 0) is 34.6 Å². The number of nitrogens with zero attached hydrogens (tertiary/aromatic N) is 2. The molecule has 0 atom stereocenters. The van der Waals surface area contributed by atoms with E-state index in [9.17, 15) is 9.81 Å². The third kappa shape index (κ3) is 3.30. The minimum atomic E-state index is 0.125. The van der Waals surface area contributed by atoms with Gasteiger partial charge in [0.25, 0.3) is 0 Å². The molecule has 0 bridgehead atoms. The molecule has 0 spiro atoms. The molecule has 0 N–H and O–H groups in total. The molecule has 0 unspecified atom stereocenters. The molecule has 0 saturated heterocycles. The molecule has 0 heterocycles. The molecule has 1 rings (SSSR count). The van der Waals surface area contributed by atoms with E-state index in [1.54, 1.807) is 0 Å². The second-order valence-corrected chi connectivity index (χ2v) is 1.70. The van der Waals surface area contributed by atoms with Gasteiger partial charge >= 0.3 is 21.8 Å². The molecule has 0 aliphatic heterocycles. The zero-order valence-corrected chi connectivity index (χ0v) is 9.10. The molecule has 58 valence electrons. The van der Waals surface area contributed by atoms with Crippen LogP contribution in [0.25, 0.3) is 0 Å². The first-order valence-electron chi connectivity index (χ1n) is 2.92. The molecule has 0 aromatic heterocycles. The third-order valence-corrected chi connectivity index (χ3v) is 1.06. The molecule has 5 nitrogen and oxygen atoms in total. The van der Waals surface area contributed by atoms with Crippen LogP contribution in [0.1, 0.15) is 0 Å². The molecule has 1 aromatic carbocycles. The first kappa shape index (κ1) is 10.8. The monoisotopic (exact) mass is 216 g/mol. The Bertz CT molecular complexity index is 235. The van der Waals surface area contributed by atoms with E-state index >= 15 is 0 Å². The van der Waals surface area contributed by atoms with Crippen LogP contribution in [0.5, 0.6) is 0 Å². The summed E-state index contributed by atoms with van der Waals surface area (Å²) in [4.78, 5) is 19.7. The third-order valence-electron chi connectivity index (χ3n) is 1.06. The van der Waals surface area contributed by atoms with Crippen molar-refractivity contribution in [3.8, 4) is 0 Å². The average Bonchev–Trinajstić information content (AvgIpc) is 2.21. The predicted molar refractivity (Wildman–Crippen MR) is 38.0 cm³/mol. The normalized spacial score (nSPS) is 7.83. The summed E-state index contributed by atoms with van der Waals surface area (Å²) in [6.07, 6.45) is 0. The fourth-order valence-corrected chi connectivity index (χ4v) is 0.574. The van der Waals surface area contributed by atoms with Gasteiger partial charge in [0, 0.05) is 0 Å². The molecular weight excluding hydrogens is 213 g/mol. The van der Waals surface area contributed by atoms with E-state index in [1.807, 2.05) is 0 Å². The molecule has 0 fully saturated rings. The van der Waals surface area contributed by atoms with E-state index in [-0.39, 0.29) is 18.3 Å². The van der Waals surface area contributed by atoms with Crippen LogP contribution in [-0.2, 0) is 21.8 Å². The van der Waals surface area contributed by atoms with Crippen molar-refractivity contribution in [1.82, 2.24) is 0 Å². The first-order chi connectivity index (χ1) is 5.86. The van der Waals surface area contributed by atoms with Crippen molar-refractivity contribution in [2.24, 2.45) is 10.4 Å². The quantitative estimate of drug-likeness (QED) is 0.564. The zero-order chi connectivity index (χ0) is 9.40. The van der Waals surface area contributed by atoms with Gasteiger partial charge in [-0.2, -0.15) is 0 Å². The van der Waals surface area contributed by atoms with Gasteiger partial charge in [0.2, 0.25) is 0 Å². The van der Waals surface area contributed by atoms with Gasteiger partial charge in [-0.3, -0.25) is 0 Å². The maximum absolute atomic E-state index is 9.85. The summed E-state index contributed by atoms with van der Waals surface area (Å²) in [5, 5.41) is 5.30. The molecule has 12 heavy (non-hydrogen) atoms. The molecular formula is C6H4N2O3Zn. The van der Waals surface area contributed by atoms with Crippen LogP contribution in [0, 0.1) is 9.81 Å². The second kappa shape index (κ2) is 6.55. The summed E-state index contributed by atoms with van der Waals surface area (Å²) >= 11 is 0.125. The van der Waals surface area contributed by atoms with Crippen LogP contribution in [-0.4, -0.2) is 0 Å². The van der Waals surface area contributed by atoms with Crippen molar-refractivity contribution in [3.05, 3.63) is 34.1 Å². The fourth-order valence-electron chi connectivity index (χ4n) is 0.574. The van der Waals surface area contributed by atoms with Crippen molar-refractivity contribution in [1.29, 1.82) is 0 Å². The number of benzene rings is 1.